The van der Waals surface area contributed by atoms with Crippen LogP contribution in [0.25, 0.3) is 0 Å². The molecule has 0 radical (unpaired) electrons. The molecular weight excluding hydrogens is 270 g/mol. The fourth-order valence-electron chi connectivity index (χ4n) is 2.63. The maximum atomic E-state index is 12.4. The van der Waals surface area contributed by atoms with Crippen molar-refractivity contribution in [2.45, 2.75) is 44.9 Å². The van der Waals surface area contributed by atoms with E-state index in [1.54, 1.807) is 13.8 Å². The number of hydrogen-bond acceptors (Lipinski definition) is 3. The number of benzene rings is 1. The monoisotopic (exact) mass is 291 g/mol. The molecule has 1 aliphatic heterocycles. The first-order valence-electron chi connectivity index (χ1n) is 7.15. The number of aliphatic carboxylic acids is 1. The van der Waals surface area contributed by atoms with Gasteiger partial charge in [-0.05, 0) is 32.3 Å². The van der Waals surface area contributed by atoms with Crippen molar-refractivity contribution in [2.24, 2.45) is 0 Å². The van der Waals surface area contributed by atoms with Crippen LogP contribution in [0.3, 0.4) is 0 Å². The van der Waals surface area contributed by atoms with E-state index in [1.165, 1.54) is 4.90 Å². The van der Waals surface area contributed by atoms with Crippen molar-refractivity contribution < 1.29 is 19.4 Å². The summed E-state index contributed by atoms with van der Waals surface area (Å²) in [4.78, 5) is 25.3. The normalized spacial score (nSPS) is 23.0. The second-order valence-electron chi connectivity index (χ2n) is 5.61. The molecule has 114 valence electrons. The third-order valence-electron chi connectivity index (χ3n) is 4.06. The predicted molar refractivity (Wildman–Crippen MR) is 77.7 cm³/mol. The van der Waals surface area contributed by atoms with Crippen LogP contribution < -0.4 is 0 Å². The molecule has 0 saturated carbocycles. The lowest BCUT2D eigenvalue weighted by Gasteiger charge is -2.33. The van der Waals surface area contributed by atoms with Crippen molar-refractivity contribution in [1.29, 1.82) is 0 Å². The smallest absolute Gasteiger partial charge is 0.329 e. The zero-order valence-corrected chi connectivity index (χ0v) is 12.4. The van der Waals surface area contributed by atoms with Gasteiger partial charge in [0, 0.05) is 6.54 Å². The SMILES string of the molecule is CC(OCc1ccccc1)C(=O)N1CCCC1(C)C(=O)O. The highest BCUT2D eigenvalue weighted by molar-refractivity contribution is 5.89. The third kappa shape index (κ3) is 3.24. The molecule has 2 unspecified atom stereocenters. The minimum Gasteiger partial charge on any atom is -0.480 e. The van der Waals surface area contributed by atoms with Crippen molar-refractivity contribution in [3.63, 3.8) is 0 Å². The fourth-order valence-corrected chi connectivity index (χ4v) is 2.63. The van der Waals surface area contributed by atoms with Crippen LogP contribution in [-0.2, 0) is 20.9 Å². The van der Waals surface area contributed by atoms with Gasteiger partial charge in [-0.15, -0.1) is 0 Å². The molecule has 5 nitrogen and oxygen atoms in total. The van der Waals surface area contributed by atoms with Gasteiger partial charge in [-0.25, -0.2) is 4.79 Å². The summed E-state index contributed by atoms with van der Waals surface area (Å²) in [5.41, 5.74) is -0.124. The summed E-state index contributed by atoms with van der Waals surface area (Å²) in [5.74, 6) is -1.21. The van der Waals surface area contributed by atoms with Gasteiger partial charge in [0.2, 0.25) is 0 Å². The molecular formula is C16H21NO4. The largest absolute Gasteiger partial charge is 0.480 e. The molecule has 0 aliphatic carbocycles. The highest BCUT2D eigenvalue weighted by Gasteiger charge is 2.46. The molecule has 1 aliphatic rings. The Labute approximate surface area is 124 Å². The number of carbonyl (C=O) groups excluding carboxylic acids is 1. The number of likely N-dealkylation sites (tertiary alicyclic amines) is 1. The number of carboxylic acids is 1. The molecule has 0 spiro atoms. The molecule has 1 amide bonds. The van der Waals surface area contributed by atoms with Crippen LogP contribution in [0.2, 0.25) is 0 Å². The maximum absolute atomic E-state index is 12.4. The topological polar surface area (TPSA) is 66.8 Å². The van der Waals surface area contributed by atoms with Crippen molar-refractivity contribution in [3.05, 3.63) is 35.9 Å². The summed E-state index contributed by atoms with van der Waals surface area (Å²) in [6, 6.07) is 9.59. The van der Waals surface area contributed by atoms with Crippen LogP contribution in [0, 0.1) is 0 Å². The van der Waals surface area contributed by atoms with Crippen LogP contribution in [-0.4, -0.2) is 40.1 Å². The first-order chi connectivity index (χ1) is 9.95. The Morgan fingerprint density at radius 1 is 1.38 bits per heavy atom. The first-order valence-corrected chi connectivity index (χ1v) is 7.15. The number of hydrogen-bond donors (Lipinski definition) is 1. The number of rotatable bonds is 5. The number of carboxylic acid groups (broad SMARTS) is 1. The van der Waals surface area contributed by atoms with Gasteiger partial charge in [0.25, 0.3) is 5.91 Å². The van der Waals surface area contributed by atoms with E-state index in [4.69, 9.17) is 4.74 Å². The summed E-state index contributed by atoms with van der Waals surface area (Å²) in [5, 5.41) is 9.35. The van der Waals surface area contributed by atoms with E-state index >= 15 is 0 Å². The molecule has 1 aromatic carbocycles. The van der Waals surface area contributed by atoms with E-state index < -0.39 is 17.6 Å². The highest BCUT2D eigenvalue weighted by Crippen LogP contribution is 2.30. The molecule has 1 heterocycles. The zero-order valence-electron chi connectivity index (χ0n) is 12.4. The summed E-state index contributed by atoms with van der Waals surface area (Å²) in [6.45, 7) is 4.09. The maximum Gasteiger partial charge on any atom is 0.329 e. The standard InChI is InChI=1S/C16H21NO4/c1-12(21-11-13-7-4-3-5-8-13)14(18)17-10-6-9-16(17,2)15(19)20/h3-5,7-8,12H,6,9-11H2,1-2H3,(H,19,20). The molecule has 21 heavy (non-hydrogen) atoms. The Hall–Kier alpha value is -1.88. The van der Waals surface area contributed by atoms with E-state index in [0.29, 0.717) is 26.0 Å². The Bertz CT molecular complexity index is 516. The summed E-state index contributed by atoms with van der Waals surface area (Å²) in [6.07, 6.45) is 0.543. The van der Waals surface area contributed by atoms with Gasteiger partial charge in [-0.3, -0.25) is 4.79 Å². The lowest BCUT2D eigenvalue weighted by molar-refractivity contribution is -0.160. The Morgan fingerprint density at radius 3 is 2.67 bits per heavy atom. The average Bonchev–Trinajstić information content (AvgIpc) is 2.88. The molecule has 1 saturated heterocycles. The number of amides is 1. The Balaban J connectivity index is 1.97. The van der Waals surface area contributed by atoms with E-state index in [1.807, 2.05) is 30.3 Å². The lowest BCUT2D eigenvalue weighted by Crippen LogP contribution is -2.53. The molecule has 1 aromatic rings. The fraction of sp³-hybridized carbons (Fsp3) is 0.500. The summed E-state index contributed by atoms with van der Waals surface area (Å²) >= 11 is 0. The minimum absolute atomic E-state index is 0.256. The number of carbonyl (C=O) groups is 2. The summed E-state index contributed by atoms with van der Waals surface area (Å²) < 4.78 is 5.59. The van der Waals surface area contributed by atoms with Gasteiger partial charge >= 0.3 is 5.97 Å². The number of nitrogens with zero attached hydrogens (tertiary/aromatic N) is 1. The van der Waals surface area contributed by atoms with Crippen LogP contribution in [0.1, 0.15) is 32.3 Å². The quantitative estimate of drug-likeness (QED) is 0.901. The summed E-state index contributed by atoms with van der Waals surface area (Å²) in [7, 11) is 0. The van der Waals surface area contributed by atoms with Crippen LogP contribution in [0.4, 0.5) is 0 Å². The van der Waals surface area contributed by atoms with Crippen LogP contribution >= 0.6 is 0 Å². The van der Waals surface area contributed by atoms with Gasteiger partial charge in [0.05, 0.1) is 6.61 Å². The van der Waals surface area contributed by atoms with Gasteiger partial charge in [-0.2, -0.15) is 0 Å². The molecule has 0 aromatic heterocycles. The van der Waals surface area contributed by atoms with Crippen LogP contribution in [0.15, 0.2) is 30.3 Å². The van der Waals surface area contributed by atoms with Crippen molar-refractivity contribution >= 4 is 11.9 Å². The van der Waals surface area contributed by atoms with E-state index in [2.05, 4.69) is 0 Å². The van der Waals surface area contributed by atoms with Gasteiger partial charge in [-0.1, -0.05) is 30.3 Å². The van der Waals surface area contributed by atoms with E-state index in [-0.39, 0.29) is 5.91 Å². The molecule has 1 fully saturated rings. The van der Waals surface area contributed by atoms with E-state index in [9.17, 15) is 14.7 Å². The van der Waals surface area contributed by atoms with Gasteiger partial charge in [0.15, 0.2) is 0 Å². The van der Waals surface area contributed by atoms with Crippen LogP contribution in [0.5, 0.6) is 0 Å². The minimum atomic E-state index is -1.11. The Morgan fingerprint density at radius 2 is 2.05 bits per heavy atom. The van der Waals surface area contributed by atoms with Crippen molar-refractivity contribution in [2.75, 3.05) is 6.54 Å². The van der Waals surface area contributed by atoms with Crippen molar-refractivity contribution in [3.8, 4) is 0 Å². The average molecular weight is 291 g/mol. The molecule has 2 atom stereocenters. The highest BCUT2D eigenvalue weighted by atomic mass is 16.5. The second-order valence-corrected chi connectivity index (χ2v) is 5.61. The predicted octanol–water partition coefficient (Wildman–Crippen LogP) is 2.06. The zero-order chi connectivity index (χ0) is 15.5. The third-order valence-corrected chi connectivity index (χ3v) is 4.06. The lowest BCUT2D eigenvalue weighted by atomic mass is 9.99. The molecule has 5 heteroatoms. The molecule has 0 bridgehead atoms. The second kappa shape index (κ2) is 6.26. The van der Waals surface area contributed by atoms with Crippen molar-refractivity contribution in [1.82, 2.24) is 4.90 Å². The van der Waals surface area contributed by atoms with E-state index in [0.717, 1.165) is 5.56 Å². The first kappa shape index (κ1) is 15.5. The number of ether oxygens (including phenoxy) is 1. The van der Waals surface area contributed by atoms with Gasteiger partial charge in [0.1, 0.15) is 11.6 Å². The molecule has 1 N–H and O–H groups in total. The molecule has 2 rings (SSSR count). The Kier molecular flexibility index (Phi) is 4.63. The van der Waals surface area contributed by atoms with Gasteiger partial charge < -0.3 is 14.7 Å².